The third-order valence-electron chi connectivity index (χ3n) is 15.6. The highest BCUT2D eigenvalue weighted by molar-refractivity contribution is 5.84. The van der Waals surface area contributed by atoms with E-state index < -0.39 is 11.4 Å². The molecule has 0 amide bonds. The first-order valence-corrected chi connectivity index (χ1v) is 17.6. The SMILES string of the molecule is C=C(/C=C/c1ccc2ccccc2c1)[C@@H]1CC[C@]2(C(=O)O)CC[C@]3(C)[C@H](CC[C@@H]4[C@@]5(C)CC[C@H](O)C(C)(C)[C@@H]5CC[C@]43C)[C@@H]12. The average Bonchev–Trinajstić information content (AvgIpc) is 3.40. The van der Waals surface area contributed by atoms with E-state index in [1.54, 1.807) is 0 Å². The zero-order valence-electron chi connectivity index (χ0n) is 27.7. The summed E-state index contributed by atoms with van der Waals surface area (Å²) < 4.78 is 0. The predicted octanol–water partition coefficient (Wildman–Crippen LogP) is 9.94. The average molecular weight is 595 g/mol. The van der Waals surface area contributed by atoms with E-state index in [1.165, 1.54) is 35.6 Å². The van der Waals surface area contributed by atoms with Gasteiger partial charge in [-0.15, -0.1) is 0 Å². The Kier molecular flexibility index (Phi) is 6.92. The second-order valence-corrected chi connectivity index (χ2v) is 17.2. The zero-order chi connectivity index (χ0) is 31.3. The Bertz CT molecular complexity index is 1520. The maximum Gasteiger partial charge on any atom is 0.309 e. The molecule has 0 heterocycles. The van der Waals surface area contributed by atoms with Gasteiger partial charge in [-0.3, -0.25) is 4.79 Å². The van der Waals surface area contributed by atoms with E-state index in [2.05, 4.69) is 95.8 Å². The van der Waals surface area contributed by atoms with Gasteiger partial charge in [0, 0.05) is 0 Å². The van der Waals surface area contributed by atoms with Crippen LogP contribution in [0, 0.1) is 56.7 Å². The fourth-order valence-corrected chi connectivity index (χ4v) is 13.0. The number of fused-ring (bicyclic) bond motifs is 8. The molecule has 236 valence electrons. The number of aliphatic hydroxyl groups is 1. The molecule has 44 heavy (non-hydrogen) atoms. The van der Waals surface area contributed by atoms with E-state index in [1.807, 2.05) is 0 Å². The van der Waals surface area contributed by atoms with Crippen LogP contribution < -0.4 is 0 Å². The predicted molar refractivity (Wildman–Crippen MR) is 180 cm³/mol. The third kappa shape index (κ3) is 3.99. The molecule has 10 atom stereocenters. The number of carboxylic acid groups (broad SMARTS) is 1. The topological polar surface area (TPSA) is 57.5 Å². The summed E-state index contributed by atoms with van der Waals surface area (Å²) in [6, 6.07) is 15.0. The molecule has 5 aliphatic rings. The molecule has 3 heteroatoms. The molecular weight excluding hydrogens is 540 g/mol. The number of hydrogen-bond donors (Lipinski definition) is 2. The van der Waals surface area contributed by atoms with E-state index in [0.29, 0.717) is 17.8 Å². The number of aliphatic carboxylic acids is 1. The van der Waals surface area contributed by atoms with Crippen LogP contribution in [-0.2, 0) is 4.79 Å². The Morgan fingerprint density at radius 2 is 1.57 bits per heavy atom. The van der Waals surface area contributed by atoms with Gasteiger partial charge >= 0.3 is 5.97 Å². The van der Waals surface area contributed by atoms with Crippen molar-refractivity contribution < 1.29 is 15.0 Å². The van der Waals surface area contributed by atoms with Gasteiger partial charge in [0.25, 0.3) is 0 Å². The molecule has 5 saturated carbocycles. The maximum atomic E-state index is 13.2. The molecule has 3 nitrogen and oxygen atoms in total. The first kappa shape index (κ1) is 30.3. The van der Waals surface area contributed by atoms with Crippen LogP contribution in [0.2, 0.25) is 0 Å². The van der Waals surface area contributed by atoms with Crippen LogP contribution >= 0.6 is 0 Å². The monoisotopic (exact) mass is 594 g/mol. The zero-order valence-corrected chi connectivity index (χ0v) is 27.7. The summed E-state index contributed by atoms with van der Waals surface area (Å²) in [5, 5.41) is 24.4. The number of benzene rings is 2. The highest BCUT2D eigenvalue weighted by Gasteiger charge is 2.72. The standard InChI is InChI=1S/C41H54O3/c1-26(11-12-27-13-14-28-9-7-8-10-29(28)25-27)30-17-22-41(36(43)44)24-23-39(5)31(35(30)41)15-16-33-38(4)20-19-34(42)37(2,3)32(38)18-21-40(33,39)6/h7-14,25,30-35,42H,1,15-24H2,2-6H3,(H,43,44)/b12-11+/t30-,31+,32-,33+,34-,35+,38-,39+,40+,41-/m0/s1. The quantitative estimate of drug-likeness (QED) is 0.346. The molecule has 0 spiro atoms. The summed E-state index contributed by atoms with van der Waals surface area (Å²) in [4.78, 5) is 13.2. The number of carbonyl (C=O) groups is 1. The molecular formula is C41H54O3. The number of rotatable bonds is 4. The second-order valence-electron chi connectivity index (χ2n) is 17.2. The highest BCUT2D eigenvalue weighted by atomic mass is 16.4. The van der Waals surface area contributed by atoms with E-state index in [4.69, 9.17) is 0 Å². The minimum Gasteiger partial charge on any atom is -0.481 e. The molecule has 0 bridgehead atoms. The fraction of sp³-hybridized carbons (Fsp3) is 0.634. The lowest BCUT2D eigenvalue weighted by molar-refractivity contribution is -0.248. The molecule has 0 aliphatic heterocycles. The summed E-state index contributed by atoms with van der Waals surface area (Å²) in [7, 11) is 0. The smallest absolute Gasteiger partial charge is 0.309 e. The van der Waals surface area contributed by atoms with Crippen molar-refractivity contribution in [3.8, 4) is 0 Å². The molecule has 5 fully saturated rings. The summed E-state index contributed by atoms with van der Waals surface area (Å²) in [5.74, 6) is 1.34. The Morgan fingerprint density at radius 3 is 2.32 bits per heavy atom. The molecule has 0 aromatic heterocycles. The Labute approximate surface area is 265 Å². The molecule has 7 rings (SSSR count). The minimum absolute atomic E-state index is 0.0528. The number of hydrogen-bond acceptors (Lipinski definition) is 2. The molecule has 2 N–H and O–H groups in total. The Balaban J connectivity index is 1.21. The van der Waals surface area contributed by atoms with Crippen molar-refractivity contribution in [2.75, 3.05) is 0 Å². The van der Waals surface area contributed by atoms with Gasteiger partial charge in [-0.25, -0.2) is 0 Å². The van der Waals surface area contributed by atoms with Gasteiger partial charge in [0.2, 0.25) is 0 Å². The minimum atomic E-state index is -0.629. The van der Waals surface area contributed by atoms with Crippen LogP contribution in [0.4, 0.5) is 0 Å². The lowest BCUT2D eigenvalue weighted by Gasteiger charge is -2.72. The van der Waals surface area contributed by atoms with Gasteiger partial charge in [0.1, 0.15) is 0 Å². The van der Waals surface area contributed by atoms with Crippen molar-refractivity contribution in [3.63, 3.8) is 0 Å². The highest BCUT2D eigenvalue weighted by Crippen LogP contribution is 2.77. The van der Waals surface area contributed by atoms with Crippen LogP contribution in [0.5, 0.6) is 0 Å². The van der Waals surface area contributed by atoms with Gasteiger partial charge in [0.15, 0.2) is 0 Å². The van der Waals surface area contributed by atoms with Crippen LogP contribution in [0.15, 0.2) is 60.7 Å². The molecule has 0 unspecified atom stereocenters. The van der Waals surface area contributed by atoms with Crippen LogP contribution in [-0.4, -0.2) is 22.3 Å². The van der Waals surface area contributed by atoms with Crippen LogP contribution in [0.1, 0.15) is 104 Å². The van der Waals surface area contributed by atoms with Crippen LogP contribution in [0.25, 0.3) is 16.8 Å². The lowest BCUT2D eigenvalue weighted by atomic mass is 9.32. The molecule has 5 aliphatic carbocycles. The first-order chi connectivity index (χ1) is 20.8. The number of carboxylic acids is 1. The van der Waals surface area contributed by atoms with E-state index in [-0.39, 0.29) is 39.6 Å². The summed E-state index contributed by atoms with van der Waals surface area (Å²) in [5.41, 5.74) is 2.12. The first-order valence-electron chi connectivity index (χ1n) is 17.6. The van der Waals surface area contributed by atoms with E-state index in [0.717, 1.165) is 50.5 Å². The summed E-state index contributed by atoms with van der Waals surface area (Å²) in [6.07, 6.45) is 14.4. The van der Waals surface area contributed by atoms with Crippen molar-refractivity contribution >= 4 is 22.8 Å². The third-order valence-corrected chi connectivity index (χ3v) is 15.6. The summed E-state index contributed by atoms with van der Waals surface area (Å²) in [6.45, 7) is 17.0. The fourth-order valence-electron chi connectivity index (χ4n) is 13.0. The van der Waals surface area contributed by atoms with Gasteiger partial charge < -0.3 is 10.2 Å². The largest absolute Gasteiger partial charge is 0.481 e. The van der Waals surface area contributed by atoms with Crippen molar-refractivity contribution in [2.24, 2.45) is 56.7 Å². The Morgan fingerprint density at radius 1 is 0.818 bits per heavy atom. The van der Waals surface area contributed by atoms with Gasteiger partial charge in [-0.2, -0.15) is 0 Å². The van der Waals surface area contributed by atoms with Crippen molar-refractivity contribution in [1.29, 1.82) is 0 Å². The van der Waals surface area contributed by atoms with Gasteiger partial charge in [-0.1, -0.05) is 95.3 Å². The van der Waals surface area contributed by atoms with Gasteiger partial charge in [-0.05, 0) is 138 Å². The normalized spacial score (nSPS) is 44.4. The Hall–Kier alpha value is -2.39. The van der Waals surface area contributed by atoms with Crippen molar-refractivity contribution in [2.45, 2.75) is 105 Å². The molecule has 0 radical (unpaired) electrons. The summed E-state index contributed by atoms with van der Waals surface area (Å²) >= 11 is 0. The number of allylic oxidation sites excluding steroid dienone is 2. The number of aliphatic hydroxyl groups excluding tert-OH is 1. The van der Waals surface area contributed by atoms with Crippen molar-refractivity contribution in [3.05, 3.63) is 66.3 Å². The molecule has 2 aromatic rings. The van der Waals surface area contributed by atoms with Crippen LogP contribution in [0.3, 0.4) is 0 Å². The molecule has 2 aromatic carbocycles. The van der Waals surface area contributed by atoms with E-state index >= 15 is 0 Å². The van der Waals surface area contributed by atoms with E-state index in [9.17, 15) is 15.0 Å². The second kappa shape index (κ2) is 10.1. The maximum absolute atomic E-state index is 13.2. The molecule has 0 saturated heterocycles. The lowest BCUT2D eigenvalue weighted by Crippen LogP contribution is -2.67. The van der Waals surface area contributed by atoms with Crippen molar-refractivity contribution in [1.82, 2.24) is 0 Å². The van der Waals surface area contributed by atoms with Gasteiger partial charge in [0.05, 0.1) is 11.5 Å².